The van der Waals surface area contributed by atoms with Gasteiger partial charge in [0.1, 0.15) is 0 Å². The number of nitrogens with one attached hydrogen (secondary N) is 1. The van der Waals surface area contributed by atoms with E-state index < -0.39 is 0 Å². The molecule has 2 atom stereocenters. The Morgan fingerprint density at radius 1 is 1.18 bits per heavy atom. The quantitative estimate of drug-likeness (QED) is 0.347. The third kappa shape index (κ3) is 6.05. The summed E-state index contributed by atoms with van der Waals surface area (Å²) >= 11 is 13.8. The summed E-state index contributed by atoms with van der Waals surface area (Å²) < 4.78 is 1.61. The van der Waals surface area contributed by atoms with Crippen LogP contribution in [0.5, 0.6) is 0 Å². The fourth-order valence-electron chi connectivity index (χ4n) is 4.68. The molecule has 0 bridgehead atoms. The maximum absolute atomic E-state index is 13.3. The molecule has 2 unspecified atom stereocenters. The van der Waals surface area contributed by atoms with Crippen LogP contribution in [0, 0.1) is 11.3 Å². The number of hydrogen-bond acceptors (Lipinski definition) is 6. The number of carbonyl (C=O) groups excluding carboxylic acids is 1. The van der Waals surface area contributed by atoms with E-state index in [9.17, 15) is 4.79 Å². The second-order valence-corrected chi connectivity index (χ2v) is 11.1. The molecule has 1 N–H and O–H groups in total. The van der Waals surface area contributed by atoms with Crippen LogP contribution in [-0.4, -0.2) is 36.9 Å². The molecule has 4 rings (SSSR count). The number of carbonyl (C=O) groups is 1. The molecule has 3 aromatic rings. The second kappa shape index (κ2) is 9.99. The van der Waals surface area contributed by atoms with Crippen molar-refractivity contribution in [2.75, 3.05) is 0 Å². The molecule has 1 saturated carbocycles. The van der Waals surface area contributed by atoms with E-state index in [-0.39, 0.29) is 23.1 Å². The van der Waals surface area contributed by atoms with Crippen molar-refractivity contribution in [2.45, 2.75) is 57.0 Å². The highest BCUT2D eigenvalue weighted by molar-refractivity contribution is 7.98. The molecule has 1 fully saturated rings. The fourth-order valence-corrected chi connectivity index (χ4v) is 5.99. The van der Waals surface area contributed by atoms with Gasteiger partial charge in [0.2, 0.25) is 0 Å². The Balaban J connectivity index is 1.63. The largest absolute Gasteiger partial charge is 0.348 e. The number of benzene rings is 1. The Bertz CT molecular complexity index is 1120. The van der Waals surface area contributed by atoms with E-state index in [0.717, 1.165) is 19.3 Å². The van der Waals surface area contributed by atoms with Gasteiger partial charge in [-0.05, 0) is 54.9 Å². The Morgan fingerprint density at radius 3 is 2.55 bits per heavy atom. The number of rotatable bonds is 6. The highest BCUT2D eigenvalue weighted by Gasteiger charge is 2.34. The van der Waals surface area contributed by atoms with Crippen molar-refractivity contribution in [3.63, 3.8) is 0 Å². The minimum absolute atomic E-state index is 0.0972. The predicted octanol–water partition coefficient (Wildman–Crippen LogP) is 5.60. The lowest BCUT2D eigenvalue weighted by molar-refractivity contribution is 0.0868. The van der Waals surface area contributed by atoms with Crippen LogP contribution < -0.4 is 5.32 Å². The lowest BCUT2D eigenvalue weighted by atomic mass is 9.70. The Hall–Kier alpha value is -2.16. The van der Waals surface area contributed by atoms with E-state index in [1.54, 1.807) is 41.3 Å². The average molecular weight is 505 g/mol. The zero-order valence-electron chi connectivity index (χ0n) is 18.8. The van der Waals surface area contributed by atoms with Gasteiger partial charge in [-0.2, -0.15) is 0 Å². The van der Waals surface area contributed by atoms with Gasteiger partial charge >= 0.3 is 0 Å². The molecule has 10 heteroatoms. The van der Waals surface area contributed by atoms with Gasteiger partial charge in [0.15, 0.2) is 10.9 Å². The highest BCUT2D eigenvalue weighted by atomic mass is 35.5. The summed E-state index contributed by atoms with van der Waals surface area (Å²) in [5.41, 5.74) is 1.74. The van der Waals surface area contributed by atoms with Crippen molar-refractivity contribution in [3.8, 4) is 5.69 Å². The number of nitrogens with zero attached hydrogens (tertiary/aromatic N) is 5. The summed E-state index contributed by atoms with van der Waals surface area (Å²) in [4.78, 5) is 21.8. The van der Waals surface area contributed by atoms with Crippen LogP contribution >= 0.6 is 35.0 Å². The molecule has 2 aromatic heterocycles. The van der Waals surface area contributed by atoms with E-state index in [4.69, 9.17) is 23.2 Å². The second-order valence-electron chi connectivity index (χ2n) is 9.33. The first-order valence-electron chi connectivity index (χ1n) is 10.8. The zero-order chi connectivity index (χ0) is 23.6. The molecular weight excluding hydrogens is 479 g/mol. The summed E-state index contributed by atoms with van der Waals surface area (Å²) in [6.45, 7) is 6.74. The van der Waals surface area contributed by atoms with Gasteiger partial charge in [-0.3, -0.25) is 4.79 Å². The molecule has 7 nitrogen and oxygen atoms in total. The SMILES string of the molecule is CC1CC(NC(=O)c2nnn(-c3cc(Cl)cc(Cl)c3)c2CSc2ncccn2)CC(C)(C)C1. The van der Waals surface area contributed by atoms with Gasteiger partial charge in [0.05, 0.1) is 11.4 Å². The first-order valence-corrected chi connectivity index (χ1v) is 12.6. The maximum atomic E-state index is 13.3. The molecule has 1 aliphatic rings. The minimum atomic E-state index is -0.228. The Labute approximate surface area is 207 Å². The van der Waals surface area contributed by atoms with Crippen molar-refractivity contribution >= 4 is 40.9 Å². The van der Waals surface area contributed by atoms with E-state index in [1.165, 1.54) is 11.8 Å². The third-order valence-electron chi connectivity index (χ3n) is 5.67. The molecule has 0 radical (unpaired) electrons. The molecule has 1 aliphatic carbocycles. The number of amides is 1. The molecule has 33 heavy (non-hydrogen) atoms. The van der Waals surface area contributed by atoms with Gasteiger partial charge in [0, 0.05) is 34.2 Å². The standard InChI is InChI=1S/C23H26Cl2N6OS/c1-14-7-17(12-23(2,3)11-14)28-21(32)20-19(13-33-22-26-5-4-6-27-22)31(30-29-20)18-9-15(24)8-16(25)10-18/h4-6,8-10,14,17H,7,11-13H2,1-3H3,(H,28,32). The molecule has 0 saturated heterocycles. The number of aromatic nitrogens is 5. The molecular formula is C23H26Cl2N6OS. The van der Waals surface area contributed by atoms with Crippen molar-refractivity contribution < 1.29 is 4.79 Å². The minimum Gasteiger partial charge on any atom is -0.348 e. The lowest BCUT2D eigenvalue weighted by Gasteiger charge is -2.39. The third-order valence-corrected chi connectivity index (χ3v) is 7.00. The van der Waals surface area contributed by atoms with Gasteiger partial charge in [-0.25, -0.2) is 14.6 Å². The molecule has 2 heterocycles. The molecule has 1 aromatic carbocycles. The van der Waals surface area contributed by atoms with Crippen LogP contribution in [0.4, 0.5) is 0 Å². The van der Waals surface area contributed by atoms with Crippen molar-refractivity contribution in [1.29, 1.82) is 0 Å². The monoisotopic (exact) mass is 504 g/mol. The average Bonchev–Trinajstić information content (AvgIpc) is 3.15. The van der Waals surface area contributed by atoms with Crippen LogP contribution in [0.2, 0.25) is 10.0 Å². The summed E-state index contributed by atoms with van der Waals surface area (Å²) in [6, 6.07) is 6.98. The van der Waals surface area contributed by atoms with Crippen LogP contribution in [0.3, 0.4) is 0 Å². The summed E-state index contributed by atoms with van der Waals surface area (Å²) in [7, 11) is 0. The summed E-state index contributed by atoms with van der Waals surface area (Å²) in [6.07, 6.45) is 6.41. The van der Waals surface area contributed by atoms with Crippen LogP contribution in [-0.2, 0) is 5.75 Å². The highest BCUT2D eigenvalue weighted by Crippen LogP contribution is 2.38. The van der Waals surface area contributed by atoms with Gasteiger partial charge in [0.25, 0.3) is 5.91 Å². The first kappa shape index (κ1) is 24.0. The zero-order valence-corrected chi connectivity index (χ0v) is 21.1. The van der Waals surface area contributed by atoms with E-state index in [1.807, 2.05) is 0 Å². The number of thioether (sulfide) groups is 1. The molecule has 0 spiro atoms. The number of hydrogen-bond donors (Lipinski definition) is 1. The van der Waals surface area contributed by atoms with E-state index >= 15 is 0 Å². The lowest BCUT2D eigenvalue weighted by Crippen LogP contribution is -2.43. The first-order chi connectivity index (χ1) is 15.7. The van der Waals surface area contributed by atoms with Gasteiger partial charge in [-0.1, -0.05) is 60.9 Å². The molecule has 174 valence electrons. The van der Waals surface area contributed by atoms with Crippen LogP contribution in [0.15, 0.2) is 41.8 Å². The normalized spacial score (nSPS) is 19.9. The smallest absolute Gasteiger partial charge is 0.274 e. The summed E-state index contributed by atoms with van der Waals surface area (Å²) in [5, 5.41) is 13.3. The molecule has 1 amide bonds. The van der Waals surface area contributed by atoms with E-state index in [0.29, 0.717) is 38.3 Å². The van der Waals surface area contributed by atoms with Crippen LogP contribution in [0.1, 0.15) is 56.2 Å². The van der Waals surface area contributed by atoms with Crippen molar-refractivity contribution in [3.05, 3.63) is 58.1 Å². The van der Waals surface area contributed by atoms with Crippen LogP contribution in [0.25, 0.3) is 5.69 Å². The fraction of sp³-hybridized carbons (Fsp3) is 0.435. The van der Waals surface area contributed by atoms with Gasteiger partial charge in [-0.15, -0.1) is 5.10 Å². The van der Waals surface area contributed by atoms with Crippen molar-refractivity contribution in [1.82, 2.24) is 30.3 Å². The summed E-state index contributed by atoms with van der Waals surface area (Å²) in [5.74, 6) is 0.721. The van der Waals surface area contributed by atoms with Crippen molar-refractivity contribution in [2.24, 2.45) is 11.3 Å². The predicted molar refractivity (Wildman–Crippen MR) is 131 cm³/mol. The van der Waals surface area contributed by atoms with Gasteiger partial charge < -0.3 is 5.32 Å². The molecule has 0 aliphatic heterocycles. The maximum Gasteiger partial charge on any atom is 0.274 e. The topological polar surface area (TPSA) is 85.6 Å². The number of halogens is 2. The Morgan fingerprint density at radius 2 is 1.88 bits per heavy atom. The Kier molecular flexibility index (Phi) is 7.26. The van der Waals surface area contributed by atoms with E-state index in [2.05, 4.69) is 46.4 Å².